The molecule has 8 heteroatoms. The van der Waals surface area contributed by atoms with Crippen molar-refractivity contribution in [2.45, 2.75) is 31.8 Å². The van der Waals surface area contributed by atoms with E-state index >= 15 is 0 Å². The smallest absolute Gasteiger partial charge is 0.316 e. The fourth-order valence-electron chi connectivity index (χ4n) is 1.59. The molecule has 0 bridgehead atoms. The van der Waals surface area contributed by atoms with Gasteiger partial charge in [-0.1, -0.05) is 11.8 Å². The Morgan fingerprint density at radius 3 is 2.77 bits per heavy atom. The molecule has 0 atom stereocenters. The fourth-order valence-corrected chi connectivity index (χ4v) is 2.46. The van der Waals surface area contributed by atoms with E-state index in [1.165, 1.54) is 6.07 Å². The Labute approximate surface area is 132 Å². The summed E-state index contributed by atoms with van der Waals surface area (Å²) in [4.78, 5) is 36.8. The van der Waals surface area contributed by atoms with Gasteiger partial charge in [0.15, 0.2) is 6.61 Å². The van der Waals surface area contributed by atoms with Crippen molar-refractivity contribution >= 4 is 23.6 Å². The van der Waals surface area contributed by atoms with Gasteiger partial charge in [-0.05, 0) is 26.3 Å². The standard InChI is InChI=1S/C14H17N3O4S/c1-8(2)16-12(19)6-21-13(20)7-22-14-10(5-15)9(3)4-11(18)17-14/h4,8H,6-7H2,1-3H3,(H,16,19)(H,17,18). The molecule has 0 saturated heterocycles. The number of carbonyl (C=O) groups excluding carboxylic acids is 2. The SMILES string of the molecule is Cc1cc(=O)[nH]c(SCC(=O)OCC(=O)NC(C)C)c1C#N. The molecule has 0 aromatic carbocycles. The van der Waals surface area contributed by atoms with Crippen molar-refractivity contribution in [1.82, 2.24) is 10.3 Å². The van der Waals surface area contributed by atoms with Gasteiger partial charge in [-0.3, -0.25) is 14.4 Å². The molecule has 1 aromatic heterocycles. The number of esters is 1. The summed E-state index contributed by atoms with van der Waals surface area (Å²) < 4.78 is 4.81. The van der Waals surface area contributed by atoms with Crippen LogP contribution in [0.1, 0.15) is 25.0 Å². The lowest BCUT2D eigenvalue weighted by atomic mass is 10.2. The molecule has 0 spiro atoms. The molecule has 0 unspecified atom stereocenters. The van der Waals surface area contributed by atoms with Crippen LogP contribution in [0.25, 0.3) is 0 Å². The second kappa shape index (κ2) is 8.24. The van der Waals surface area contributed by atoms with Crippen molar-refractivity contribution in [3.63, 3.8) is 0 Å². The third-order valence-electron chi connectivity index (χ3n) is 2.47. The largest absolute Gasteiger partial charge is 0.455 e. The molecule has 0 aliphatic heterocycles. The topological polar surface area (TPSA) is 112 Å². The van der Waals surface area contributed by atoms with E-state index in [0.29, 0.717) is 16.2 Å². The van der Waals surface area contributed by atoms with Crippen LogP contribution < -0.4 is 10.9 Å². The molecule has 0 saturated carbocycles. The molecule has 1 rings (SSSR count). The summed E-state index contributed by atoms with van der Waals surface area (Å²) in [5, 5.41) is 12.0. The predicted octanol–water partition coefficient (Wildman–Crippen LogP) is 0.715. The van der Waals surface area contributed by atoms with Crippen LogP contribution in [0.2, 0.25) is 0 Å². The first kappa shape index (κ1) is 17.8. The number of rotatable bonds is 6. The average molecular weight is 323 g/mol. The Morgan fingerprint density at radius 2 is 2.18 bits per heavy atom. The number of nitrogens with one attached hydrogen (secondary N) is 2. The van der Waals surface area contributed by atoms with Crippen molar-refractivity contribution in [3.8, 4) is 6.07 Å². The van der Waals surface area contributed by atoms with Gasteiger partial charge in [0.1, 0.15) is 6.07 Å². The number of H-pyrrole nitrogens is 1. The van der Waals surface area contributed by atoms with E-state index in [4.69, 9.17) is 10.00 Å². The zero-order valence-corrected chi connectivity index (χ0v) is 13.4. The van der Waals surface area contributed by atoms with E-state index < -0.39 is 5.97 Å². The molecule has 7 nitrogen and oxygen atoms in total. The van der Waals surface area contributed by atoms with E-state index in [-0.39, 0.29) is 29.9 Å². The number of thioether (sulfide) groups is 1. The average Bonchev–Trinajstić information content (AvgIpc) is 2.41. The number of hydrogen-bond donors (Lipinski definition) is 2. The van der Waals surface area contributed by atoms with Crippen molar-refractivity contribution in [1.29, 1.82) is 5.26 Å². The number of aromatic nitrogens is 1. The Morgan fingerprint density at radius 1 is 1.50 bits per heavy atom. The maximum absolute atomic E-state index is 11.6. The molecule has 1 heterocycles. The van der Waals surface area contributed by atoms with Crippen molar-refractivity contribution in [2.24, 2.45) is 0 Å². The van der Waals surface area contributed by atoms with E-state index in [2.05, 4.69) is 10.3 Å². The summed E-state index contributed by atoms with van der Waals surface area (Å²) in [6.07, 6.45) is 0. The normalized spacial score (nSPS) is 10.1. The minimum Gasteiger partial charge on any atom is -0.455 e. The minimum atomic E-state index is -0.602. The molecular formula is C14H17N3O4S. The first-order chi connectivity index (χ1) is 10.3. The maximum Gasteiger partial charge on any atom is 0.316 e. The first-order valence-electron chi connectivity index (χ1n) is 6.55. The van der Waals surface area contributed by atoms with Gasteiger partial charge in [0.2, 0.25) is 5.56 Å². The number of amides is 1. The van der Waals surface area contributed by atoms with Crippen LogP contribution in [0, 0.1) is 18.3 Å². The molecule has 1 aromatic rings. The number of aromatic amines is 1. The number of ether oxygens (including phenoxy) is 1. The van der Waals surface area contributed by atoms with Crippen LogP contribution in [0.5, 0.6) is 0 Å². The molecular weight excluding hydrogens is 306 g/mol. The van der Waals surface area contributed by atoms with Crippen LogP contribution >= 0.6 is 11.8 Å². The fraction of sp³-hybridized carbons (Fsp3) is 0.429. The lowest BCUT2D eigenvalue weighted by Gasteiger charge is -2.09. The predicted molar refractivity (Wildman–Crippen MR) is 81.5 cm³/mol. The first-order valence-corrected chi connectivity index (χ1v) is 7.54. The molecule has 22 heavy (non-hydrogen) atoms. The highest BCUT2D eigenvalue weighted by atomic mass is 32.2. The monoisotopic (exact) mass is 323 g/mol. The molecule has 118 valence electrons. The number of pyridine rings is 1. The Bertz CT molecular complexity index is 661. The summed E-state index contributed by atoms with van der Waals surface area (Å²) >= 11 is 0.989. The van der Waals surface area contributed by atoms with Crippen LogP contribution in [-0.2, 0) is 14.3 Å². The van der Waals surface area contributed by atoms with Gasteiger partial charge in [0.25, 0.3) is 5.91 Å². The quantitative estimate of drug-likeness (QED) is 0.589. The van der Waals surface area contributed by atoms with Crippen molar-refractivity contribution in [2.75, 3.05) is 12.4 Å². The zero-order chi connectivity index (χ0) is 16.7. The number of hydrogen-bond acceptors (Lipinski definition) is 6. The van der Waals surface area contributed by atoms with Gasteiger partial charge in [-0.15, -0.1) is 0 Å². The van der Waals surface area contributed by atoms with E-state index in [1.54, 1.807) is 20.8 Å². The van der Waals surface area contributed by atoms with Crippen LogP contribution in [0.4, 0.5) is 0 Å². The van der Waals surface area contributed by atoms with Gasteiger partial charge in [0.05, 0.1) is 16.3 Å². The minimum absolute atomic E-state index is 0.0314. The number of nitrogens with zero attached hydrogens (tertiary/aromatic N) is 1. The van der Waals surface area contributed by atoms with Crippen molar-refractivity contribution < 1.29 is 14.3 Å². The Kier molecular flexibility index (Phi) is 6.66. The highest BCUT2D eigenvalue weighted by Crippen LogP contribution is 2.20. The summed E-state index contributed by atoms with van der Waals surface area (Å²) in [5.41, 5.74) is 0.511. The molecule has 0 aliphatic rings. The molecule has 2 N–H and O–H groups in total. The number of aryl methyl sites for hydroxylation is 1. The van der Waals surface area contributed by atoms with E-state index in [1.807, 2.05) is 6.07 Å². The second-order valence-electron chi connectivity index (χ2n) is 4.80. The highest BCUT2D eigenvalue weighted by molar-refractivity contribution is 7.99. The van der Waals surface area contributed by atoms with E-state index in [9.17, 15) is 14.4 Å². The van der Waals surface area contributed by atoms with Gasteiger partial charge >= 0.3 is 5.97 Å². The van der Waals surface area contributed by atoms with Crippen molar-refractivity contribution in [3.05, 3.63) is 27.5 Å². The molecule has 0 radical (unpaired) electrons. The Balaban J connectivity index is 2.57. The molecule has 1 amide bonds. The zero-order valence-electron chi connectivity index (χ0n) is 12.6. The highest BCUT2D eigenvalue weighted by Gasteiger charge is 2.13. The second-order valence-corrected chi connectivity index (χ2v) is 5.79. The van der Waals surface area contributed by atoms with Crippen LogP contribution in [0.15, 0.2) is 15.9 Å². The Hall–Kier alpha value is -2.27. The third kappa shape index (κ3) is 5.61. The summed E-state index contributed by atoms with van der Waals surface area (Å²) in [7, 11) is 0. The lowest BCUT2D eigenvalue weighted by Crippen LogP contribution is -2.34. The summed E-state index contributed by atoms with van der Waals surface area (Å²) in [5.74, 6) is -1.09. The van der Waals surface area contributed by atoms with Gasteiger partial charge in [-0.2, -0.15) is 5.26 Å². The van der Waals surface area contributed by atoms with Gasteiger partial charge < -0.3 is 15.0 Å². The molecule has 0 aliphatic carbocycles. The number of carbonyl (C=O) groups is 2. The van der Waals surface area contributed by atoms with Crippen LogP contribution in [0.3, 0.4) is 0 Å². The lowest BCUT2D eigenvalue weighted by molar-refractivity contribution is -0.146. The third-order valence-corrected chi connectivity index (χ3v) is 3.44. The van der Waals surface area contributed by atoms with Gasteiger partial charge in [-0.25, -0.2) is 0 Å². The summed E-state index contributed by atoms with van der Waals surface area (Å²) in [6.45, 7) is 4.89. The summed E-state index contributed by atoms with van der Waals surface area (Å²) in [6, 6.07) is 3.26. The number of nitriles is 1. The van der Waals surface area contributed by atoms with E-state index in [0.717, 1.165) is 11.8 Å². The van der Waals surface area contributed by atoms with Crippen LogP contribution in [-0.4, -0.2) is 35.3 Å². The molecule has 0 fully saturated rings. The maximum atomic E-state index is 11.6. The van der Waals surface area contributed by atoms with Gasteiger partial charge in [0, 0.05) is 12.1 Å².